The van der Waals surface area contributed by atoms with Crippen LogP contribution >= 0.6 is 0 Å². The van der Waals surface area contributed by atoms with Gasteiger partial charge >= 0.3 is 0 Å². The number of ether oxygens (including phenoxy) is 2. The molecule has 0 aliphatic carbocycles. The van der Waals surface area contributed by atoms with Gasteiger partial charge in [0.2, 0.25) is 0 Å². The number of benzene rings is 1. The molecule has 1 heterocycles. The van der Waals surface area contributed by atoms with E-state index in [1.807, 2.05) is 19.1 Å². The summed E-state index contributed by atoms with van der Waals surface area (Å²) in [5.74, 6) is 0.871. The van der Waals surface area contributed by atoms with Crippen LogP contribution in [0.1, 0.15) is 38.3 Å². The molecule has 0 spiro atoms. The van der Waals surface area contributed by atoms with E-state index in [1.165, 1.54) is 5.69 Å². The molecule has 2 N–H and O–H groups in total. The van der Waals surface area contributed by atoms with E-state index < -0.39 is 0 Å². The normalized spacial score (nSPS) is 20.8. The zero-order chi connectivity index (χ0) is 14.5. The quantitative estimate of drug-likeness (QED) is 0.899. The Kier molecular flexibility index (Phi) is 5.26. The first kappa shape index (κ1) is 15.1. The van der Waals surface area contributed by atoms with Crippen molar-refractivity contribution in [1.29, 1.82) is 0 Å². The van der Waals surface area contributed by atoms with E-state index in [0.29, 0.717) is 6.10 Å². The Bertz CT molecular complexity index is 432. The third-order valence-electron chi connectivity index (χ3n) is 3.84. The van der Waals surface area contributed by atoms with Gasteiger partial charge in [-0.05, 0) is 38.8 Å². The number of rotatable bonds is 5. The Hall–Kier alpha value is -1.26. The van der Waals surface area contributed by atoms with Crippen LogP contribution in [0.25, 0.3) is 0 Å². The molecule has 1 unspecified atom stereocenters. The molecule has 1 aromatic rings. The van der Waals surface area contributed by atoms with Crippen molar-refractivity contribution in [2.75, 3.05) is 31.7 Å². The predicted octanol–water partition coefficient (Wildman–Crippen LogP) is 2.72. The summed E-state index contributed by atoms with van der Waals surface area (Å²) in [4.78, 5) is 2.38. The second-order valence-corrected chi connectivity index (χ2v) is 5.35. The molecule has 112 valence electrons. The molecule has 2 rings (SSSR count). The van der Waals surface area contributed by atoms with E-state index in [9.17, 15) is 0 Å². The van der Waals surface area contributed by atoms with Gasteiger partial charge in [-0.3, -0.25) is 0 Å². The maximum atomic E-state index is 6.15. The highest BCUT2D eigenvalue weighted by molar-refractivity contribution is 5.61. The lowest BCUT2D eigenvalue weighted by atomic mass is 10.0. The van der Waals surface area contributed by atoms with Crippen LogP contribution in [-0.4, -0.2) is 32.9 Å². The summed E-state index contributed by atoms with van der Waals surface area (Å²) in [7, 11) is 1.70. The smallest absolute Gasteiger partial charge is 0.125 e. The topological polar surface area (TPSA) is 47.7 Å². The van der Waals surface area contributed by atoms with Crippen LogP contribution in [0.2, 0.25) is 0 Å². The molecular weight excluding hydrogens is 252 g/mol. The van der Waals surface area contributed by atoms with Gasteiger partial charge in [0, 0.05) is 37.0 Å². The molecule has 4 heteroatoms. The number of piperidine rings is 1. The minimum absolute atomic E-state index is 0.0476. The molecule has 20 heavy (non-hydrogen) atoms. The first-order valence-electron chi connectivity index (χ1n) is 7.46. The van der Waals surface area contributed by atoms with Crippen LogP contribution in [-0.2, 0) is 4.74 Å². The Labute approximate surface area is 121 Å². The maximum absolute atomic E-state index is 6.15. The lowest BCUT2D eigenvalue weighted by Gasteiger charge is -2.36. The summed E-state index contributed by atoms with van der Waals surface area (Å²) < 4.78 is 11.3. The fraction of sp³-hybridized carbons (Fsp3) is 0.625. The van der Waals surface area contributed by atoms with Crippen molar-refractivity contribution in [3.8, 4) is 5.75 Å². The fourth-order valence-electron chi connectivity index (χ4n) is 2.97. The molecule has 1 fully saturated rings. The molecule has 0 saturated carbocycles. The molecule has 0 bridgehead atoms. The van der Waals surface area contributed by atoms with E-state index in [2.05, 4.69) is 17.9 Å². The molecule has 1 aliphatic rings. The van der Waals surface area contributed by atoms with Crippen molar-refractivity contribution in [2.45, 2.75) is 38.8 Å². The molecule has 0 radical (unpaired) electrons. The zero-order valence-electron chi connectivity index (χ0n) is 12.8. The summed E-state index contributed by atoms with van der Waals surface area (Å²) >= 11 is 0. The lowest BCUT2D eigenvalue weighted by Crippen LogP contribution is -2.40. The van der Waals surface area contributed by atoms with Crippen LogP contribution in [0, 0.1) is 0 Å². The summed E-state index contributed by atoms with van der Waals surface area (Å²) in [6.07, 6.45) is 2.61. The van der Waals surface area contributed by atoms with Gasteiger partial charge < -0.3 is 20.1 Å². The Morgan fingerprint density at radius 1 is 1.45 bits per heavy atom. The van der Waals surface area contributed by atoms with Crippen LogP contribution < -0.4 is 15.4 Å². The summed E-state index contributed by atoms with van der Waals surface area (Å²) in [5.41, 5.74) is 8.43. The van der Waals surface area contributed by atoms with Crippen LogP contribution in [0.4, 0.5) is 5.69 Å². The zero-order valence-corrected chi connectivity index (χ0v) is 12.8. The van der Waals surface area contributed by atoms with Gasteiger partial charge in [-0.2, -0.15) is 0 Å². The molecule has 0 amide bonds. The third-order valence-corrected chi connectivity index (χ3v) is 3.84. The number of methoxy groups -OCH3 is 1. The van der Waals surface area contributed by atoms with Gasteiger partial charge in [0.25, 0.3) is 0 Å². The van der Waals surface area contributed by atoms with Gasteiger partial charge in [-0.1, -0.05) is 6.07 Å². The molecule has 2 atom stereocenters. The molecule has 4 nitrogen and oxygen atoms in total. The lowest BCUT2D eigenvalue weighted by molar-refractivity contribution is 0.0526. The van der Waals surface area contributed by atoms with E-state index in [4.69, 9.17) is 15.2 Å². The minimum Gasteiger partial charge on any atom is -0.496 e. The number of nitrogens with zero attached hydrogens (tertiary/aromatic N) is 1. The number of hydrogen-bond acceptors (Lipinski definition) is 4. The van der Waals surface area contributed by atoms with Crippen LogP contribution in [0.3, 0.4) is 0 Å². The molecule has 1 aromatic carbocycles. The summed E-state index contributed by atoms with van der Waals surface area (Å²) in [6, 6.07) is 6.10. The average Bonchev–Trinajstić information content (AvgIpc) is 2.47. The highest BCUT2D eigenvalue weighted by Gasteiger charge is 2.24. The molecular formula is C16H26N2O2. The van der Waals surface area contributed by atoms with Crippen molar-refractivity contribution in [2.24, 2.45) is 5.73 Å². The fourth-order valence-corrected chi connectivity index (χ4v) is 2.97. The van der Waals surface area contributed by atoms with Crippen molar-refractivity contribution >= 4 is 5.69 Å². The standard InChI is InChI=1S/C16H26N2O2/c1-4-20-13-7-6-10-18(11-13)14-8-5-9-15(19-3)16(14)12(2)17/h5,8-9,12-13H,4,6-7,10-11,17H2,1-3H3/t12-,13?/m1/s1. The maximum Gasteiger partial charge on any atom is 0.125 e. The van der Waals surface area contributed by atoms with Gasteiger partial charge in [0.15, 0.2) is 0 Å². The highest BCUT2D eigenvalue weighted by atomic mass is 16.5. The van der Waals surface area contributed by atoms with E-state index in [0.717, 1.165) is 43.9 Å². The van der Waals surface area contributed by atoms with Crippen molar-refractivity contribution in [3.05, 3.63) is 23.8 Å². The molecule has 1 saturated heterocycles. The molecule has 0 aromatic heterocycles. The highest BCUT2D eigenvalue weighted by Crippen LogP contribution is 2.35. The van der Waals surface area contributed by atoms with Gasteiger partial charge in [-0.15, -0.1) is 0 Å². The second-order valence-electron chi connectivity index (χ2n) is 5.35. The predicted molar refractivity (Wildman–Crippen MR) is 82.5 cm³/mol. The van der Waals surface area contributed by atoms with Crippen LogP contribution in [0.5, 0.6) is 5.75 Å². The van der Waals surface area contributed by atoms with Crippen molar-refractivity contribution < 1.29 is 9.47 Å². The summed E-state index contributed by atoms with van der Waals surface area (Å²) in [6.45, 7) is 6.82. The van der Waals surface area contributed by atoms with Gasteiger partial charge in [0.05, 0.1) is 13.2 Å². The van der Waals surface area contributed by atoms with Crippen molar-refractivity contribution in [3.63, 3.8) is 0 Å². The molecule has 1 aliphatic heterocycles. The number of anilines is 1. The third kappa shape index (κ3) is 3.25. The van der Waals surface area contributed by atoms with Crippen molar-refractivity contribution in [1.82, 2.24) is 0 Å². The van der Waals surface area contributed by atoms with E-state index in [-0.39, 0.29) is 6.04 Å². The number of nitrogens with two attached hydrogens (primary N) is 1. The monoisotopic (exact) mass is 278 g/mol. The Morgan fingerprint density at radius 3 is 2.90 bits per heavy atom. The first-order valence-corrected chi connectivity index (χ1v) is 7.46. The number of hydrogen-bond donors (Lipinski definition) is 1. The van der Waals surface area contributed by atoms with Gasteiger partial charge in [0.1, 0.15) is 5.75 Å². The SMILES string of the molecule is CCOC1CCCN(c2cccc(OC)c2[C@@H](C)N)C1. The van der Waals surface area contributed by atoms with Gasteiger partial charge in [-0.25, -0.2) is 0 Å². The summed E-state index contributed by atoms with van der Waals surface area (Å²) in [5, 5.41) is 0. The van der Waals surface area contributed by atoms with E-state index in [1.54, 1.807) is 7.11 Å². The average molecular weight is 278 g/mol. The van der Waals surface area contributed by atoms with E-state index >= 15 is 0 Å². The second kappa shape index (κ2) is 6.95. The van der Waals surface area contributed by atoms with Crippen LogP contribution in [0.15, 0.2) is 18.2 Å². The minimum atomic E-state index is -0.0476. The Balaban J connectivity index is 2.27. The largest absolute Gasteiger partial charge is 0.496 e. The Morgan fingerprint density at radius 2 is 2.25 bits per heavy atom. The first-order chi connectivity index (χ1) is 9.67.